The van der Waals surface area contributed by atoms with Crippen LogP contribution in [0.5, 0.6) is 0 Å². The fraction of sp³-hybridized carbons (Fsp3) is 0.600. The van der Waals surface area contributed by atoms with Gasteiger partial charge in [-0.1, -0.05) is 13.8 Å². The summed E-state index contributed by atoms with van der Waals surface area (Å²) in [6.45, 7) is 3.47. The molecule has 0 aromatic rings. The van der Waals surface area contributed by atoms with Gasteiger partial charge in [-0.2, -0.15) is 0 Å². The van der Waals surface area contributed by atoms with E-state index in [2.05, 4.69) is 5.32 Å². The van der Waals surface area contributed by atoms with E-state index in [4.69, 9.17) is 4.74 Å². The lowest BCUT2D eigenvalue weighted by Gasteiger charge is -2.48. The van der Waals surface area contributed by atoms with E-state index in [1.807, 2.05) is 0 Å². The van der Waals surface area contributed by atoms with Crippen molar-refractivity contribution in [2.75, 3.05) is 7.11 Å². The normalized spacial score (nSPS) is 24.4. The van der Waals surface area contributed by atoms with E-state index in [9.17, 15) is 19.9 Å². The van der Waals surface area contributed by atoms with E-state index in [1.165, 1.54) is 7.11 Å². The van der Waals surface area contributed by atoms with Crippen LogP contribution < -0.4 is 5.32 Å². The molecule has 17 heavy (non-hydrogen) atoms. The molecule has 96 valence electrons. The van der Waals surface area contributed by atoms with Crippen LogP contribution in [0.1, 0.15) is 20.3 Å². The van der Waals surface area contributed by atoms with Crippen LogP contribution in [0.3, 0.4) is 0 Å². The Morgan fingerprint density at radius 3 is 2.71 bits per heavy atom. The molecule has 0 saturated heterocycles. The smallest absolute Gasteiger partial charge is 0.338 e. The van der Waals surface area contributed by atoms with Crippen molar-refractivity contribution in [3.05, 3.63) is 17.3 Å². The van der Waals surface area contributed by atoms with Gasteiger partial charge in [0.1, 0.15) is 0 Å². The van der Waals surface area contributed by atoms with Crippen molar-refractivity contribution < 1.29 is 19.4 Å². The molecular formula is C10H15N2O5-. The van der Waals surface area contributed by atoms with Gasteiger partial charge >= 0.3 is 5.97 Å². The second-order valence-electron chi connectivity index (χ2n) is 4.22. The quantitative estimate of drug-likeness (QED) is 0.685. The van der Waals surface area contributed by atoms with Gasteiger partial charge in [0.2, 0.25) is 5.54 Å². The molecule has 1 aliphatic heterocycles. The molecule has 1 aliphatic rings. The molecule has 0 aromatic carbocycles. The zero-order valence-corrected chi connectivity index (χ0v) is 9.89. The molecule has 0 saturated carbocycles. The maximum Gasteiger partial charge on any atom is 0.338 e. The molecule has 7 nitrogen and oxygen atoms in total. The van der Waals surface area contributed by atoms with E-state index < -0.39 is 17.4 Å². The lowest BCUT2D eigenvalue weighted by molar-refractivity contribution is -0.159. The van der Waals surface area contributed by atoms with Gasteiger partial charge < -0.3 is 25.4 Å². The van der Waals surface area contributed by atoms with Crippen molar-refractivity contribution in [2.24, 2.45) is 5.92 Å². The van der Waals surface area contributed by atoms with Gasteiger partial charge in [0.05, 0.1) is 13.3 Å². The minimum Gasteiger partial charge on any atom is -0.755 e. The lowest BCUT2D eigenvalue weighted by Crippen LogP contribution is -2.64. The number of carboxylic acids is 1. The van der Waals surface area contributed by atoms with Crippen LogP contribution in [0.25, 0.3) is 0 Å². The number of hydroxylamine groups is 2. The van der Waals surface area contributed by atoms with Gasteiger partial charge in [0, 0.05) is 0 Å². The summed E-state index contributed by atoms with van der Waals surface area (Å²) >= 11 is 0. The van der Waals surface area contributed by atoms with Crippen LogP contribution in [-0.2, 0) is 14.3 Å². The van der Waals surface area contributed by atoms with Crippen molar-refractivity contribution in [1.82, 2.24) is 10.4 Å². The van der Waals surface area contributed by atoms with Crippen molar-refractivity contribution >= 4 is 11.9 Å². The second kappa shape index (κ2) is 4.62. The number of ether oxygens (including phenoxy) is 1. The van der Waals surface area contributed by atoms with Crippen LogP contribution >= 0.6 is 0 Å². The van der Waals surface area contributed by atoms with Crippen molar-refractivity contribution in [1.29, 1.82) is 0 Å². The first-order valence-corrected chi connectivity index (χ1v) is 5.12. The number of aliphatic carboxylic acids is 1. The van der Waals surface area contributed by atoms with Crippen molar-refractivity contribution in [2.45, 2.75) is 25.8 Å². The van der Waals surface area contributed by atoms with Gasteiger partial charge in [0.25, 0.3) is 5.91 Å². The fourth-order valence-electron chi connectivity index (χ4n) is 1.77. The number of nitrogens with zero attached hydrogens (tertiary/aromatic N) is 1. The van der Waals surface area contributed by atoms with Crippen LogP contribution in [0.4, 0.5) is 0 Å². The Balaban J connectivity index is 3.23. The Hall–Kier alpha value is -1.76. The SMILES string of the molecule is COC1=CNC(=O)C(CC(C)C)(C(=O)O)N1[O-]. The number of hydrogen-bond donors (Lipinski definition) is 2. The molecule has 0 bridgehead atoms. The molecule has 1 amide bonds. The summed E-state index contributed by atoms with van der Waals surface area (Å²) < 4.78 is 4.74. The number of hydrogen-bond acceptors (Lipinski definition) is 5. The highest BCUT2D eigenvalue weighted by atomic mass is 16.6. The second-order valence-corrected chi connectivity index (χ2v) is 4.22. The first-order chi connectivity index (χ1) is 7.86. The average Bonchev–Trinajstić information content (AvgIpc) is 2.23. The molecular weight excluding hydrogens is 228 g/mol. The van der Waals surface area contributed by atoms with Crippen molar-refractivity contribution in [3.8, 4) is 0 Å². The van der Waals surface area contributed by atoms with E-state index in [0.29, 0.717) is 0 Å². The molecule has 0 fully saturated rings. The third-order valence-corrected chi connectivity index (χ3v) is 2.52. The summed E-state index contributed by atoms with van der Waals surface area (Å²) in [5, 5.41) is 23.5. The highest BCUT2D eigenvalue weighted by Gasteiger charge is 2.51. The number of amides is 1. The van der Waals surface area contributed by atoms with Gasteiger partial charge in [-0.3, -0.25) is 4.79 Å². The zero-order valence-electron chi connectivity index (χ0n) is 9.89. The molecule has 0 aromatic heterocycles. The number of rotatable bonds is 4. The van der Waals surface area contributed by atoms with E-state index in [1.54, 1.807) is 13.8 Å². The Morgan fingerprint density at radius 1 is 1.71 bits per heavy atom. The van der Waals surface area contributed by atoms with Gasteiger partial charge in [-0.25, -0.2) is 4.79 Å². The van der Waals surface area contributed by atoms with Crippen molar-refractivity contribution in [3.63, 3.8) is 0 Å². The number of carboxylic acid groups (broad SMARTS) is 1. The number of methoxy groups -OCH3 is 1. The Bertz CT molecular complexity index is 366. The summed E-state index contributed by atoms with van der Waals surface area (Å²) in [5.41, 5.74) is -2.16. The van der Waals surface area contributed by atoms with E-state index in [0.717, 1.165) is 6.20 Å². The third-order valence-electron chi connectivity index (χ3n) is 2.52. The largest absolute Gasteiger partial charge is 0.755 e. The third kappa shape index (κ3) is 2.05. The Kier molecular flexibility index (Phi) is 3.62. The Morgan fingerprint density at radius 2 is 2.29 bits per heavy atom. The molecule has 7 heteroatoms. The lowest BCUT2D eigenvalue weighted by atomic mass is 9.86. The highest BCUT2D eigenvalue weighted by molar-refractivity contribution is 6.08. The first-order valence-electron chi connectivity index (χ1n) is 5.12. The minimum atomic E-state index is -2.16. The summed E-state index contributed by atoms with van der Waals surface area (Å²) in [7, 11) is 1.23. The maximum absolute atomic E-state index is 11.9. The molecule has 0 spiro atoms. The van der Waals surface area contributed by atoms with E-state index >= 15 is 0 Å². The topological polar surface area (TPSA) is 102 Å². The monoisotopic (exact) mass is 243 g/mol. The predicted octanol–water partition coefficient (Wildman–Crippen LogP) is 0.231. The van der Waals surface area contributed by atoms with Gasteiger partial charge in [0.15, 0.2) is 5.88 Å². The summed E-state index contributed by atoms with van der Waals surface area (Å²) in [4.78, 5) is 23.0. The molecule has 0 radical (unpaired) electrons. The first kappa shape index (κ1) is 13.3. The summed E-state index contributed by atoms with van der Waals surface area (Å²) in [6.07, 6.45) is 0.954. The Labute approximate surface area is 98.6 Å². The summed E-state index contributed by atoms with van der Waals surface area (Å²) in [6, 6.07) is 0. The average molecular weight is 243 g/mol. The number of carbonyl (C=O) groups is 2. The molecule has 0 aliphatic carbocycles. The van der Waals surface area contributed by atoms with Crippen LogP contribution in [-0.4, -0.2) is 34.7 Å². The van der Waals surface area contributed by atoms with Gasteiger partial charge in [-0.05, 0) is 12.3 Å². The molecule has 1 heterocycles. The highest BCUT2D eigenvalue weighted by Crippen LogP contribution is 2.30. The van der Waals surface area contributed by atoms with Crippen LogP contribution in [0, 0.1) is 11.1 Å². The maximum atomic E-state index is 11.9. The fourth-order valence-corrected chi connectivity index (χ4v) is 1.77. The van der Waals surface area contributed by atoms with E-state index in [-0.39, 0.29) is 23.3 Å². The minimum absolute atomic E-state index is 0.0988. The number of carbonyl (C=O) groups excluding carboxylic acids is 1. The number of nitrogens with one attached hydrogen (secondary N) is 1. The predicted molar refractivity (Wildman–Crippen MR) is 58.3 cm³/mol. The standard InChI is InChI=1S/C10H15N2O5/c1-6(2)4-10(9(14)15)8(13)11-5-7(17-3)12(10)16/h5-6H,4H2,1-3H3,(H,11,13)(H,14,15)/q-1. The zero-order chi connectivity index (χ0) is 13.2. The molecule has 1 atom stereocenters. The summed E-state index contributed by atoms with van der Waals surface area (Å²) in [5.74, 6) is -2.70. The molecule has 1 rings (SSSR count). The van der Waals surface area contributed by atoms with Crippen LogP contribution in [0.2, 0.25) is 0 Å². The molecule has 1 unspecified atom stereocenters. The van der Waals surface area contributed by atoms with Crippen LogP contribution in [0.15, 0.2) is 12.1 Å². The van der Waals surface area contributed by atoms with Gasteiger partial charge in [-0.15, -0.1) is 0 Å². The molecule has 2 N–H and O–H groups in total.